The van der Waals surface area contributed by atoms with Crippen molar-refractivity contribution < 1.29 is 19.1 Å². The molecule has 1 N–H and O–H groups in total. The van der Waals surface area contributed by atoms with Gasteiger partial charge in [0.05, 0.1) is 0 Å². The summed E-state index contributed by atoms with van der Waals surface area (Å²) < 4.78 is 7.57. The quantitative estimate of drug-likeness (QED) is 0.144. The Balaban J connectivity index is 1.95. The zero-order chi connectivity index (χ0) is 31.2. The van der Waals surface area contributed by atoms with E-state index in [9.17, 15) is 0 Å². The SMILES string of the molecule is CC(C)c1cccc(C(C)C)c1[NH][Zr]([CH2]c1ccccc1)([CH2]c1ccccc1)([CH2]c1ccccc1)[C](C)(C)c1ccccn1. The summed E-state index contributed by atoms with van der Waals surface area (Å²) in [7, 11) is 0. The van der Waals surface area contributed by atoms with Crippen molar-refractivity contribution in [2.75, 3.05) is 3.26 Å². The number of hydrogen-bond donors (Lipinski definition) is 1. The maximum atomic E-state index is 5.16. The van der Waals surface area contributed by atoms with Gasteiger partial charge in [-0.25, -0.2) is 0 Å². The van der Waals surface area contributed by atoms with Crippen LogP contribution in [0.4, 0.5) is 5.69 Å². The zero-order valence-corrected chi connectivity index (χ0v) is 29.9. The van der Waals surface area contributed by atoms with Crippen molar-refractivity contribution in [3.63, 3.8) is 0 Å². The summed E-state index contributed by atoms with van der Waals surface area (Å²) in [4.78, 5) is 5.16. The molecule has 1 heterocycles. The fourth-order valence-corrected chi connectivity index (χ4v) is 26.4. The molecule has 0 radical (unpaired) electrons. The van der Waals surface area contributed by atoms with Gasteiger partial charge in [0.1, 0.15) is 0 Å². The van der Waals surface area contributed by atoms with E-state index < -0.39 is 19.1 Å². The first kappa shape index (κ1) is 32.1. The van der Waals surface area contributed by atoms with Gasteiger partial charge in [-0.1, -0.05) is 0 Å². The number of pyridine rings is 1. The number of nitrogens with zero attached hydrogens (tertiary/aromatic N) is 1. The number of rotatable bonds is 12. The van der Waals surface area contributed by atoms with Gasteiger partial charge in [-0.3, -0.25) is 0 Å². The third kappa shape index (κ3) is 6.41. The third-order valence-corrected chi connectivity index (χ3v) is 30.4. The summed E-state index contributed by atoms with van der Waals surface area (Å²) in [5, 5.41) is 0. The topological polar surface area (TPSA) is 24.9 Å². The molecule has 44 heavy (non-hydrogen) atoms. The van der Waals surface area contributed by atoms with E-state index in [2.05, 4.69) is 163 Å². The molecule has 0 bridgehead atoms. The molecule has 2 nitrogen and oxygen atoms in total. The number of para-hydroxylation sites is 1. The summed E-state index contributed by atoms with van der Waals surface area (Å²) in [6, 6.07) is 47.2. The van der Waals surface area contributed by atoms with Crippen LogP contribution in [0.15, 0.2) is 134 Å². The molecular formula is C41H49N2Zr. The summed E-state index contributed by atoms with van der Waals surface area (Å²) in [5.74, 6) is 0.778. The van der Waals surface area contributed by atoms with Crippen molar-refractivity contribution >= 4 is 5.69 Å². The summed E-state index contributed by atoms with van der Waals surface area (Å²) in [5.41, 5.74) is 9.54. The Morgan fingerprint density at radius 1 is 0.545 bits per heavy atom. The van der Waals surface area contributed by atoms with Crippen molar-refractivity contribution in [2.24, 2.45) is 0 Å². The second-order valence-electron chi connectivity index (χ2n) is 14.0. The van der Waals surface area contributed by atoms with E-state index >= 15 is 0 Å². The monoisotopic (exact) mass is 659 g/mol. The first-order valence-corrected chi connectivity index (χ1v) is 23.9. The molecule has 0 aliphatic heterocycles. The Hall–Kier alpha value is -3.29. The number of aromatic nitrogens is 1. The summed E-state index contributed by atoms with van der Waals surface area (Å²) in [6.07, 6.45) is 1.98. The molecule has 0 spiro atoms. The third-order valence-electron chi connectivity index (χ3n) is 10.2. The molecule has 0 aliphatic carbocycles. The first-order chi connectivity index (χ1) is 21.1. The van der Waals surface area contributed by atoms with E-state index in [0.717, 1.165) is 12.4 Å². The predicted octanol–water partition coefficient (Wildman–Crippen LogP) is 10.9. The Labute approximate surface area is 267 Å². The minimum atomic E-state index is -4.67. The molecule has 0 atom stereocenters. The Morgan fingerprint density at radius 2 is 0.955 bits per heavy atom. The van der Waals surface area contributed by atoms with Gasteiger partial charge < -0.3 is 0 Å². The van der Waals surface area contributed by atoms with Crippen molar-refractivity contribution in [3.05, 3.63) is 167 Å². The van der Waals surface area contributed by atoms with Crippen LogP contribution in [0.25, 0.3) is 0 Å². The van der Waals surface area contributed by atoms with Crippen molar-refractivity contribution in [2.45, 2.75) is 68.9 Å². The van der Waals surface area contributed by atoms with E-state index in [1.54, 1.807) is 0 Å². The van der Waals surface area contributed by atoms with Crippen LogP contribution in [0.3, 0.4) is 0 Å². The molecule has 0 fully saturated rings. The van der Waals surface area contributed by atoms with Crippen LogP contribution in [0, 0.1) is 0 Å². The molecule has 227 valence electrons. The van der Waals surface area contributed by atoms with Crippen molar-refractivity contribution in [1.82, 2.24) is 4.98 Å². The molecule has 0 amide bonds. The van der Waals surface area contributed by atoms with Gasteiger partial charge in [0.2, 0.25) is 0 Å². The Kier molecular flexibility index (Phi) is 9.76. The number of benzene rings is 4. The van der Waals surface area contributed by atoms with E-state index in [0.29, 0.717) is 11.8 Å². The number of anilines is 1. The van der Waals surface area contributed by atoms with Gasteiger partial charge in [0.25, 0.3) is 0 Å². The maximum absolute atomic E-state index is 5.16. The van der Waals surface area contributed by atoms with Gasteiger partial charge in [-0.15, -0.1) is 0 Å². The normalized spacial score (nSPS) is 13.0. The van der Waals surface area contributed by atoms with Gasteiger partial charge in [-0.05, 0) is 0 Å². The fraction of sp³-hybridized carbons (Fsp3) is 0.293. The van der Waals surface area contributed by atoms with E-state index in [-0.39, 0.29) is 3.12 Å². The van der Waals surface area contributed by atoms with Gasteiger partial charge in [0, 0.05) is 0 Å². The molecule has 0 saturated carbocycles. The van der Waals surface area contributed by atoms with Crippen molar-refractivity contribution in [3.8, 4) is 0 Å². The predicted molar refractivity (Wildman–Crippen MR) is 186 cm³/mol. The molecule has 5 aromatic rings. The molecule has 3 heteroatoms. The zero-order valence-electron chi connectivity index (χ0n) is 27.4. The standard InChI is InChI=1S/C12H18N.C8H10N.3C7H7.Zr/c1-8(2)10-6-5-7-11(9(3)4)12(10)13;1-7(2)8-5-3-4-6-9-8;3*1-7-5-3-2-4-6-7;/h5-9,13H,1-4H3;3-6H,1-2H3;3*2-6H,1H2;/q-1;;;;;+1. The van der Waals surface area contributed by atoms with Crippen LogP contribution in [0.2, 0.25) is 0 Å². The van der Waals surface area contributed by atoms with E-state index in [1.165, 1.54) is 39.2 Å². The van der Waals surface area contributed by atoms with Crippen LogP contribution in [-0.4, -0.2) is 4.98 Å². The average molecular weight is 661 g/mol. The minimum absolute atomic E-state index is 0.234. The summed E-state index contributed by atoms with van der Waals surface area (Å²) in [6.45, 7) is 14.4. The van der Waals surface area contributed by atoms with E-state index in [4.69, 9.17) is 8.24 Å². The van der Waals surface area contributed by atoms with Gasteiger partial charge in [-0.2, -0.15) is 0 Å². The molecule has 0 saturated heterocycles. The Bertz CT molecular complexity index is 1500. The van der Waals surface area contributed by atoms with Crippen molar-refractivity contribution in [1.29, 1.82) is 0 Å². The average Bonchev–Trinajstić information content (AvgIpc) is 3.03. The fourth-order valence-electron chi connectivity index (χ4n) is 7.50. The van der Waals surface area contributed by atoms with Crippen LogP contribution in [-0.2, 0) is 34.6 Å². The number of hydrogen-bond acceptors (Lipinski definition) is 2. The van der Waals surface area contributed by atoms with Crippen LogP contribution >= 0.6 is 0 Å². The molecule has 0 aliphatic rings. The van der Waals surface area contributed by atoms with Gasteiger partial charge in [0.15, 0.2) is 0 Å². The van der Waals surface area contributed by atoms with Crippen LogP contribution in [0.5, 0.6) is 0 Å². The molecule has 5 rings (SSSR count). The molecule has 0 unspecified atom stereocenters. The Morgan fingerprint density at radius 3 is 1.32 bits per heavy atom. The molecule has 4 aromatic carbocycles. The van der Waals surface area contributed by atoms with E-state index in [1.807, 2.05) is 12.3 Å². The molecule has 1 aromatic heterocycles. The number of nitrogens with one attached hydrogen (secondary N) is 1. The van der Waals surface area contributed by atoms with Gasteiger partial charge >= 0.3 is 269 Å². The van der Waals surface area contributed by atoms with Crippen LogP contribution in [0.1, 0.15) is 86.9 Å². The molecular weight excluding hydrogens is 612 g/mol. The first-order valence-electron chi connectivity index (χ1n) is 16.3. The second kappa shape index (κ2) is 13.4. The van der Waals surface area contributed by atoms with Crippen LogP contribution < -0.4 is 3.26 Å². The second-order valence-corrected chi connectivity index (χ2v) is 29.8. The summed E-state index contributed by atoms with van der Waals surface area (Å²) >= 11 is -4.67.